The van der Waals surface area contributed by atoms with Gasteiger partial charge in [-0.2, -0.15) is 5.10 Å². The maximum absolute atomic E-state index is 12.5. The third-order valence-corrected chi connectivity index (χ3v) is 7.08. The topological polar surface area (TPSA) is 59.9 Å². The average molecular weight is 461 g/mol. The van der Waals surface area contributed by atoms with Gasteiger partial charge in [0.15, 0.2) is 11.5 Å². The Balaban J connectivity index is 1.39. The molecule has 0 aromatic heterocycles. The van der Waals surface area contributed by atoms with Gasteiger partial charge in [0.1, 0.15) is 6.61 Å². The van der Waals surface area contributed by atoms with Gasteiger partial charge in [-0.05, 0) is 59.6 Å². The number of halogens is 2. The Morgan fingerprint density at radius 2 is 2.03 bits per heavy atom. The van der Waals surface area contributed by atoms with E-state index < -0.39 is 0 Å². The number of carbonyl (C=O) groups excluding carboxylic acids is 1. The number of benzene rings is 2. The summed E-state index contributed by atoms with van der Waals surface area (Å²) in [4.78, 5) is 12.5. The zero-order valence-corrected chi connectivity index (χ0v) is 19.2. The minimum atomic E-state index is 0.00614. The lowest BCUT2D eigenvalue weighted by Gasteiger charge is -2.15. The molecule has 0 spiro atoms. The molecule has 0 aliphatic heterocycles. The quantitative estimate of drug-likeness (QED) is 0.415. The second-order valence-electron chi connectivity index (χ2n) is 8.52. The van der Waals surface area contributed by atoms with Crippen molar-refractivity contribution in [1.29, 1.82) is 0 Å². The lowest BCUT2D eigenvalue weighted by molar-refractivity contribution is -0.123. The normalized spacial score (nSPS) is 24.5. The standard InChI is InChI=1S/C24H26Cl2N2O3/c1-24-10-4-3-5-18(24)21(24)23(29)28-27-13-16-11-19(26)22(20(12-16)30-2)31-14-15-6-8-17(25)9-7-15/h6-9,11-13,18,21H,3-5,10,14H2,1-2H3,(H,28,29)/b27-13-/t18-,21+,24-/m1/s1. The fourth-order valence-corrected chi connectivity index (χ4v) is 5.18. The average Bonchev–Trinajstić information content (AvgIpc) is 3.39. The number of fused-ring (bicyclic) bond motifs is 1. The summed E-state index contributed by atoms with van der Waals surface area (Å²) in [6.07, 6.45) is 6.28. The van der Waals surface area contributed by atoms with Gasteiger partial charge in [0.25, 0.3) is 0 Å². The smallest absolute Gasteiger partial charge is 0.244 e. The van der Waals surface area contributed by atoms with E-state index in [9.17, 15) is 4.79 Å². The van der Waals surface area contributed by atoms with Gasteiger partial charge in [0.05, 0.1) is 18.3 Å². The maximum atomic E-state index is 12.5. The van der Waals surface area contributed by atoms with Crippen molar-refractivity contribution in [2.75, 3.05) is 7.11 Å². The third kappa shape index (κ3) is 4.68. The van der Waals surface area contributed by atoms with Crippen molar-refractivity contribution in [3.63, 3.8) is 0 Å². The Bertz CT molecular complexity index is 993. The molecular weight excluding hydrogens is 435 g/mol. The number of methoxy groups -OCH3 is 1. The van der Waals surface area contributed by atoms with Crippen molar-refractivity contribution >= 4 is 35.3 Å². The van der Waals surface area contributed by atoms with Gasteiger partial charge in [0, 0.05) is 10.9 Å². The molecule has 5 nitrogen and oxygen atoms in total. The zero-order chi connectivity index (χ0) is 22.0. The molecular formula is C24H26Cl2N2O3. The fourth-order valence-electron chi connectivity index (χ4n) is 4.78. The highest BCUT2D eigenvalue weighted by atomic mass is 35.5. The number of nitrogens with zero attached hydrogens (tertiary/aromatic N) is 1. The van der Waals surface area contributed by atoms with Crippen LogP contribution in [0.15, 0.2) is 41.5 Å². The van der Waals surface area contributed by atoms with Gasteiger partial charge in [0.2, 0.25) is 5.91 Å². The molecule has 2 aliphatic rings. The van der Waals surface area contributed by atoms with E-state index in [0.717, 1.165) is 18.4 Å². The van der Waals surface area contributed by atoms with Crippen LogP contribution in [0.2, 0.25) is 10.0 Å². The number of hydrogen-bond acceptors (Lipinski definition) is 4. The van der Waals surface area contributed by atoms with Crippen molar-refractivity contribution in [3.8, 4) is 11.5 Å². The summed E-state index contributed by atoms with van der Waals surface area (Å²) in [7, 11) is 1.55. The van der Waals surface area contributed by atoms with Gasteiger partial charge in [-0.3, -0.25) is 4.79 Å². The predicted molar refractivity (Wildman–Crippen MR) is 123 cm³/mol. The van der Waals surface area contributed by atoms with E-state index in [1.54, 1.807) is 25.5 Å². The van der Waals surface area contributed by atoms with Crippen LogP contribution < -0.4 is 14.9 Å². The van der Waals surface area contributed by atoms with E-state index in [0.29, 0.717) is 39.6 Å². The first kappa shape index (κ1) is 22.0. The summed E-state index contributed by atoms with van der Waals surface area (Å²) in [6.45, 7) is 2.55. The first-order valence-electron chi connectivity index (χ1n) is 10.5. The SMILES string of the molecule is COc1cc(/C=N\NC(=O)[C@@H]2[C@H]3CCCC[C@]32C)cc(Cl)c1OCc1ccc(Cl)cc1. The maximum Gasteiger partial charge on any atom is 0.244 e. The van der Waals surface area contributed by atoms with E-state index in [-0.39, 0.29) is 17.2 Å². The van der Waals surface area contributed by atoms with Gasteiger partial charge < -0.3 is 9.47 Å². The van der Waals surface area contributed by atoms with Crippen molar-refractivity contribution in [3.05, 3.63) is 57.6 Å². The Morgan fingerprint density at radius 1 is 1.26 bits per heavy atom. The number of hydrazone groups is 1. The monoisotopic (exact) mass is 460 g/mol. The highest BCUT2D eigenvalue weighted by Crippen LogP contribution is 2.66. The van der Waals surface area contributed by atoms with E-state index in [2.05, 4.69) is 17.5 Å². The molecule has 0 unspecified atom stereocenters. The molecule has 2 aromatic carbocycles. The van der Waals surface area contributed by atoms with Crippen LogP contribution in [0.3, 0.4) is 0 Å². The van der Waals surface area contributed by atoms with E-state index in [4.69, 9.17) is 32.7 Å². The molecule has 3 atom stereocenters. The summed E-state index contributed by atoms with van der Waals surface area (Å²) in [5.41, 5.74) is 4.53. The van der Waals surface area contributed by atoms with Gasteiger partial charge >= 0.3 is 0 Å². The molecule has 2 aliphatic carbocycles. The number of ether oxygens (including phenoxy) is 2. The summed E-state index contributed by atoms with van der Waals surface area (Å²) in [5, 5.41) is 5.22. The van der Waals surface area contributed by atoms with E-state index in [1.165, 1.54) is 12.8 Å². The van der Waals surface area contributed by atoms with Crippen LogP contribution in [0.5, 0.6) is 11.5 Å². The second-order valence-corrected chi connectivity index (χ2v) is 9.36. The Labute approximate surface area is 192 Å². The van der Waals surface area contributed by atoms with Crippen LogP contribution >= 0.6 is 23.2 Å². The number of rotatable bonds is 7. The molecule has 2 saturated carbocycles. The number of amides is 1. The van der Waals surface area contributed by atoms with Crippen molar-refractivity contribution < 1.29 is 14.3 Å². The number of hydrogen-bond donors (Lipinski definition) is 1. The van der Waals surface area contributed by atoms with Crippen LogP contribution in [0.25, 0.3) is 0 Å². The first-order chi connectivity index (χ1) is 14.9. The second kappa shape index (κ2) is 9.09. The van der Waals surface area contributed by atoms with Crippen LogP contribution in [-0.2, 0) is 11.4 Å². The number of carbonyl (C=O) groups is 1. The van der Waals surface area contributed by atoms with Crippen LogP contribution in [-0.4, -0.2) is 19.2 Å². The molecule has 7 heteroatoms. The summed E-state index contributed by atoms with van der Waals surface area (Å²) in [6, 6.07) is 10.9. The van der Waals surface area contributed by atoms with Gasteiger partial charge in [-0.15, -0.1) is 0 Å². The Hall–Kier alpha value is -2.24. The Kier molecular flexibility index (Phi) is 6.44. The molecule has 1 N–H and O–H groups in total. The van der Waals surface area contributed by atoms with Gasteiger partial charge in [-0.1, -0.05) is 55.1 Å². The van der Waals surface area contributed by atoms with E-state index >= 15 is 0 Å². The summed E-state index contributed by atoms with van der Waals surface area (Å²) >= 11 is 12.4. The van der Waals surface area contributed by atoms with Crippen LogP contribution in [0.1, 0.15) is 43.7 Å². The molecule has 31 heavy (non-hydrogen) atoms. The molecule has 164 valence electrons. The minimum absolute atomic E-state index is 0.00614. The highest BCUT2D eigenvalue weighted by Gasteiger charge is 2.64. The molecule has 0 saturated heterocycles. The Morgan fingerprint density at radius 3 is 2.71 bits per heavy atom. The van der Waals surface area contributed by atoms with Crippen LogP contribution in [0, 0.1) is 17.3 Å². The number of nitrogens with one attached hydrogen (secondary N) is 1. The largest absolute Gasteiger partial charge is 0.493 e. The van der Waals surface area contributed by atoms with Crippen molar-refractivity contribution in [2.45, 2.75) is 39.2 Å². The minimum Gasteiger partial charge on any atom is -0.493 e. The molecule has 0 radical (unpaired) electrons. The predicted octanol–water partition coefficient (Wildman–Crippen LogP) is 5.86. The third-order valence-electron chi connectivity index (χ3n) is 6.55. The lowest BCUT2D eigenvalue weighted by Crippen LogP contribution is -2.22. The lowest BCUT2D eigenvalue weighted by atomic mass is 9.90. The van der Waals surface area contributed by atoms with E-state index in [1.807, 2.05) is 24.3 Å². The molecule has 4 rings (SSSR count). The zero-order valence-electron chi connectivity index (χ0n) is 17.7. The van der Waals surface area contributed by atoms with Gasteiger partial charge in [-0.25, -0.2) is 5.43 Å². The first-order valence-corrected chi connectivity index (χ1v) is 11.3. The molecule has 2 fully saturated rings. The fraction of sp³-hybridized carbons (Fsp3) is 0.417. The highest BCUT2D eigenvalue weighted by molar-refractivity contribution is 6.32. The summed E-state index contributed by atoms with van der Waals surface area (Å²) in [5.74, 6) is 1.54. The molecule has 0 heterocycles. The van der Waals surface area contributed by atoms with Crippen molar-refractivity contribution in [1.82, 2.24) is 5.43 Å². The molecule has 2 aromatic rings. The van der Waals surface area contributed by atoms with Crippen molar-refractivity contribution in [2.24, 2.45) is 22.4 Å². The van der Waals surface area contributed by atoms with Crippen LogP contribution in [0.4, 0.5) is 0 Å². The summed E-state index contributed by atoms with van der Waals surface area (Å²) < 4.78 is 11.3. The molecule has 1 amide bonds. The molecule has 0 bridgehead atoms.